The van der Waals surface area contributed by atoms with Crippen molar-refractivity contribution in [2.75, 3.05) is 6.61 Å². The minimum absolute atomic E-state index is 0.103. The maximum Gasteiger partial charge on any atom is 0.433 e. The second-order valence-electron chi connectivity index (χ2n) is 9.90. The van der Waals surface area contributed by atoms with Gasteiger partial charge < -0.3 is 9.15 Å². The lowest BCUT2D eigenvalue weighted by molar-refractivity contribution is -0.141. The number of halogens is 4. The van der Waals surface area contributed by atoms with Crippen LogP contribution in [0, 0.1) is 5.82 Å². The Kier molecular flexibility index (Phi) is 8.49. The van der Waals surface area contributed by atoms with E-state index in [9.17, 15) is 27.2 Å². The topological polar surface area (TPSA) is 99.6 Å². The standard InChI is InChI=1S/C32H22F4N4O4S2/c1-3-43-29(42)26-17(2)37-31-40(27(26)19-9-11-20(33)12-10-19)28(41)23(45-31)15-21-13-14-25(44-21)46-30-38-22(18-7-5-4-6-8-18)16-24(39-30)32(34,35)36/h4-16,27H,3H2,1-2H3/b23-15+/t27-/m1/s1. The second kappa shape index (κ2) is 12.5. The van der Waals surface area contributed by atoms with Gasteiger partial charge in [0.15, 0.2) is 15.1 Å². The van der Waals surface area contributed by atoms with Crippen LogP contribution in [0.25, 0.3) is 17.3 Å². The van der Waals surface area contributed by atoms with Crippen LogP contribution in [0.4, 0.5) is 17.6 Å². The average Bonchev–Trinajstić information content (AvgIpc) is 3.59. The number of hydrogen-bond acceptors (Lipinski definition) is 9. The zero-order valence-corrected chi connectivity index (χ0v) is 25.7. The van der Waals surface area contributed by atoms with Gasteiger partial charge in [0.1, 0.15) is 17.3 Å². The molecule has 0 saturated heterocycles. The van der Waals surface area contributed by atoms with Crippen LogP contribution in [0.15, 0.2) is 109 Å². The van der Waals surface area contributed by atoms with E-state index in [4.69, 9.17) is 9.15 Å². The zero-order valence-electron chi connectivity index (χ0n) is 24.0. The molecule has 4 heterocycles. The molecule has 5 aromatic rings. The van der Waals surface area contributed by atoms with Crippen molar-refractivity contribution in [2.45, 2.75) is 36.3 Å². The van der Waals surface area contributed by atoms with E-state index in [0.717, 1.165) is 29.2 Å². The molecule has 0 aliphatic carbocycles. The highest BCUT2D eigenvalue weighted by Gasteiger charge is 2.35. The zero-order chi connectivity index (χ0) is 32.6. The highest BCUT2D eigenvalue weighted by atomic mass is 32.2. The molecule has 6 rings (SSSR count). The number of esters is 1. The maximum atomic E-state index is 13.8. The van der Waals surface area contributed by atoms with Gasteiger partial charge in [-0.1, -0.05) is 53.8 Å². The van der Waals surface area contributed by atoms with Crippen molar-refractivity contribution < 1.29 is 31.5 Å². The summed E-state index contributed by atoms with van der Waals surface area (Å²) in [4.78, 5) is 39.5. The molecule has 0 radical (unpaired) electrons. The molecule has 1 aliphatic rings. The molecule has 0 saturated carbocycles. The first-order valence-electron chi connectivity index (χ1n) is 13.8. The van der Waals surface area contributed by atoms with Gasteiger partial charge in [-0.25, -0.2) is 24.1 Å². The molecule has 8 nitrogen and oxygen atoms in total. The normalized spacial score (nSPS) is 15.1. The smallest absolute Gasteiger partial charge is 0.433 e. The van der Waals surface area contributed by atoms with Gasteiger partial charge >= 0.3 is 12.1 Å². The third kappa shape index (κ3) is 6.30. The summed E-state index contributed by atoms with van der Waals surface area (Å²) in [6, 6.07) is 16.9. The molecule has 1 atom stereocenters. The Bertz CT molecular complexity index is 2150. The van der Waals surface area contributed by atoms with Crippen molar-refractivity contribution in [3.05, 3.63) is 127 Å². The molecule has 46 heavy (non-hydrogen) atoms. The summed E-state index contributed by atoms with van der Waals surface area (Å²) in [5, 5.41) is 0.0252. The summed E-state index contributed by atoms with van der Waals surface area (Å²) in [7, 11) is 0. The Balaban J connectivity index is 1.37. The second-order valence-corrected chi connectivity index (χ2v) is 11.9. The van der Waals surface area contributed by atoms with Gasteiger partial charge in [0.05, 0.1) is 34.1 Å². The number of ether oxygens (including phenoxy) is 1. The van der Waals surface area contributed by atoms with E-state index in [1.54, 1.807) is 50.2 Å². The number of alkyl halides is 3. The summed E-state index contributed by atoms with van der Waals surface area (Å²) in [6.07, 6.45) is -3.22. The number of furan rings is 1. The first-order chi connectivity index (χ1) is 22.0. The van der Waals surface area contributed by atoms with Crippen LogP contribution in [0.2, 0.25) is 0 Å². The molecule has 0 amide bonds. The summed E-state index contributed by atoms with van der Waals surface area (Å²) in [6.45, 7) is 3.40. The highest BCUT2D eigenvalue weighted by Crippen LogP contribution is 2.35. The van der Waals surface area contributed by atoms with Crippen molar-refractivity contribution in [2.24, 2.45) is 4.99 Å². The number of rotatable bonds is 7. The highest BCUT2D eigenvalue weighted by molar-refractivity contribution is 7.99. The largest absolute Gasteiger partial charge is 0.463 e. The molecule has 0 spiro atoms. The van der Waals surface area contributed by atoms with E-state index in [-0.39, 0.29) is 38.4 Å². The molecule has 3 aromatic heterocycles. The van der Waals surface area contributed by atoms with E-state index in [1.165, 1.54) is 41.0 Å². The number of fused-ring (bicyclic) bond motifs is 1. The number of carbonyl (C=O) groups is 1. The van der Waals surface area contributed by atoms with Crippen LogP contribution >= 0.6 is 23.1 Å². The Morgan fingerprint density at radius 2 is 1.83 bits per heavy atom. The SMILES string of the molecule is CCOC(=O)C1=C(C)N=c2s/c(=C/c3ccc(Sc4nc(-c5ccccc5)cc(C(F)(F)F)n4)o3)c(=O)n2[C@@H]1c1ccc(F)cc1. The molecule has 0 bridgehead atoms. The fourth-order valence-electron chi connectivity index (χ4n) is 4.81. The van der Waals surface area contributed by atoms with E-state index in [1.807, 2.05) is 0 Å². The van der Waals surface area contributed by atoms with E-state index in [0.29, 0.717) is 21.6 Å². The number of benzene rings is 2. The van der Waals surface area contributed by atoms with Crippen LogP contribution in [0.3, 0.4) is 0 Å². The predicted octanol–water partition coefficient (Wildman–Crippen LogP) is 6.16. The summed E-state index contributed by atoms with van der Waals surface area (Å²) in [5.74, 6) is -0.886. The van der Waals surface area contributed by atoms with Gasteiger partial charge in [0, 0.05) is 11.6 Å². The summed E-state index contributed by atoms with van der Waals surface area (Å²) >= 11 is 1.86. The Morgan fingerprint density at radius 3 is 2.52 bits per heavy atom. The first-order valence-corrected chi connectivity index (χ1v) is 15.4. The van der Waals surface area contributed by atoms with Crippen molar-refractivity contribution in [1.82, 2.24) is 14.5 Å². The lowest BCUT2D eigenvalue weighted by atomic mass is 9.96. The third-order valence-electron chi connectivity index (χ3n) is 6.84. The number of nitrogens with zero attached hydrogens (tertiary/aromatic N) is 4. The average molecular weight is 667 g/mol. The van der Waals surface area contributed by atoms with Crippen LogP contribution < -0.4 is 14.9 Å². The van der Waals surface area contributed by atoms with Crippen LogP contribution in [0.5, 0.6) is 0 Å². The number of hydrogen-bond donors (Lipinski definition) is 0. The van der Waals surface area contributed by atoms with Gasteiger partial charge in [-0.15, -0.1) is 0 Å². The van der Waals surface area contributed by atoms with Gasteiger partial charge in [-0.3, -0.25) is 9.36 Å². The summed E-state index contributed by atoms with van der Waals surface area (Å²) in [5.41, 5.74) is 0.0171. The molecular formula is C32H22F4N4O4S2. The number of aromatic nitrogens is 3. The Morgan fingerprint density at radius 1 is 1.09 bits per heavy atom. The van der Waals surface area contributed by atoms with E-state index in [2.05, 4.69) is 15.0 Å². The van der Waals surface area contributed by atoms with Gasteiger partial charge in [0.25, 0.3) is 5.56 Å². The minimum atomic E-state index is -4.69. The molecule has 234 valence electrons. The Labute approximate surface area is 266 Å². The molecule has 0 unspecified atom stereocenters. The van der Waals surface area contributed by atoms with E-state index < -0.39 is 35.3 Å². The van der Waals surface area contributed by atoms with Gasteiger partial charge in [0.2, 0.25) is 0 Å². The fourth-order valence-corrected chi connectivity index (χ4v) is 6.58. The number of carbonyl (C=O) groups excluding carboxylic acids is 1. The minimum Gasteiger partial charge on any atom is -0.463 e. The fraction of sp³-hybridized carbons (Fsp3) is 0.156. The van der Waals surface area contributed by atoms with Gasteiger partial charge in [-0.05, 0) is 61.5 Å². The quantitative estimate of drug-likeness (QED) is 0.117. The predicted molar refractivity (Wildman–Crippen MR) is 162 cm³/mol. The molecule has 0 N–H and O–H groups in total. The monoisotopic (exact) mass is 666 g/mol. The maximum absolute atomic E-state index is 13.8. The molecule has 1 aliphatic heterocycles. The van der Waals surface area contributed by atoms with Crippen LogP contribution in [-0.2, 0) is 15.7 Å². The molecular weight excluding hydrogens is 645 g/mol. The lowest BCUT2D eigenvalue weighted by Gasteiger charge is -2.24. The molecule has 2 aromatic carbocycles. The first kappa shape index (κ1) is 31.2. The van der Waals surface area contributed by atoms with Crippen LogP contribution in [-0.4, -0.2) is 27.1 Å². The van der Waals surface area contributed by atoms with Crippen molar-refractivity contribution in [1.29, 1.82) is 0 Å². The van der Waals surface area contributed by atoms with Crippen molar-refractivity contribution in [3.8, 4) is 11.3 Å². The lowest BCUT2D eigenvalue weighted by Crippen LogP contribution is -2.39. The third-order valence-corrected chi connectivity index (χ3v) is 8.60. The summed E-state index contributed by atoms with van der Waals surface area (Å²) < 4.78 is 67.4. The molecule has 0 fully saturated rings. The Hall–Kier alpha value is -4.82. The van der Waals surface area contributed by atoms with Crippen LogP contribution in [0.1, 0.15) is 36.9 Å². The van der Waals surface area contributed by atoms with E-state index >= 15 is 0 Å². The van der Waals surface area contributed by atoms with Crippen molar-refractivity contribution in [3.63, 3.8) is 0 Å². The van der Waals surface area contributed by atoms with Crippen molar-refractivity contribution >= 4 is 35.1 Å². The molecule has 14 heteroatoms. The number of allylic oxidation sites excluding steroid dienone is 1. The van der Waals surface area contributed by atoms with Gasteiger partial charge in [-0.2, -0.15) is 13.2 Å². The number of thiazole rings is 1.